The summed E-state index contributed by atoms with van der Waals surface area (Å²) in [5.74, 6) is -0.898. The maximum Gasteiger partial charge on any atom is 0.333 e. The summed E-state index contributed by atoms with van der Waals surface area (Å²) >= 11 is 0. The van der Waals surface area contributed by atoms with Crippen molar-refractivity contribution >= 4 is 33.9 Å². The molecule has 2 fully saturated rings. The van der Waals surface area contributed by atoms with Crippen LogP contribution in [0, 0.1) is 25.5 Å². The molecule has 1 atom stereocenters. The summed E-state index contributed by atoms with van der Waals surface area (Å²) in [7, 11) is 0. The van der Waals surface area contributed by atoms with Crippen LogP contribution in [0.15, 0.2) is 55.0 Å². The molecule has 17 nitrogen and oxygen atoms in total. The van der Waals surface area contributed by atoms with Gasteiger partial charge < -0.3 is 34.2 Å². The van der Waals surface area contributed by atoms with E-state index in [1.165, 1.54) is 24.3 Å². The van der Waals surface area contributed by atoms with E-state index in [4.69, 9.17) is 34.3 Å². The van der Waals surface area contributed by atoms with E-state index >= 15 is 0 Å². The van der Waals surface area contributed by atoms with Crippen LogP contribution in [0.2, 0.25) is 0 Å². The number of carbonyl (C=O) groups is 2. The summed E-state index contributed by atoms with van der Waals surface area (Å²) in [4.78, 5) is 59.5. The fourth-order valence-electron chi connectivity index (χ4n) is 10.1. The molecular formula is C50H60F2N8O9. The second-order valence-corrected chi connectivity index (χ2v) is 18.6. The third-order valence-electron chi connectivity index (χ3n) is 14.0. The number of carboxylic acid groups (broad SMARTS) is 2. The molecule has 0 spiro atoms. The van der Waals surface area contributed by atoms with Gasteiger partial charge in [-0.15, -0.1) is 0 Å². The van der Waals surface area contributed by atoms with Crippen LogP contribution in [0.1, 0.15) is 115 Å². The molecule has 2 aromatic carbocycles. The Kier molecular flexibility index (Phi) is 15.7. The number of piperidine rings is 2. The molecule has 10 rings (SSSR count). The molecule has 0 amide bonds. The molecule has 69 heavy (non-hydrogen) atoms. The van der Waals surface area contributed by atoms with E-state index in [1.807, 2.05) is 23.0 Å². The quantitative estimate of drug-likeness (QED) is 0.134. The van der Waals surface area contributed by atoms with Gasteiger partial charge in [0, 0.05) is 96.3 Å². The van der Waals surface area contributed by atoms with Crippen molar-refractivity contribution in [3.63, 3.8) is 0 Å². The van der Waals surface area contributed by atoms with Crippen LogP contribution in [0.5, 0.6) is 0 Å². The highest BCUT2D eigenvalue weighted by atomic mass is 19.1. The minimum Gasteiger partial charge on any atom is -0.481 e. The molecule has 4 aliphatic heterocycles. The Balaban J connectivity index is 0.000000158. The topological polar surface area (TPSA) is 223 Å². The third-order valence-corrected chi connectivity index (χ3v) is 14.0. The monoisotopic (exact) mass is 954 g/mol. The van der Waals surface area contributed by atoms with Crippen molar-refractivity contribution < 1.29 is 42.7 Å². The van der Waals surface area contributed by atoms with Crippen molar-refractivity contribution in [1.82, 2.24) is 39.2 Å². The van der Waals surface area contributed by atoms with Gasteiger partial charge in [0.15, 0.2) is 17.3 Å². The average molecular weight is 955 g/mol. The SMILES string of the molecule is Cc1nc2n(c(=O)c1CCN1CCC(c3noc4cc(F)ccc34)CC1)CCCC2.Cc1nc2n(c(=O)c1CCN1CCC(c3noc4cc(F)ccc34)CC1)CCCC2.O=C(O)C[C@H](O)C(=O)O. The number of aliphatic hydroxyl groups is 1. The summed E-state index contributed by atoms with van der Waals surface area (Å²) in [5.41, 5.74) is 6.76. The summed E-state index contributed by atoms with van der Waals surface area (Å²) < 4.78 is 41.2. The Hall–Kier alpha value is -6.18. The highest BCUT2D eigenvalue weighted by molar-refractivity contribution is 5.81. The van der Waals surface area contributed by atoms with E-state index in [0.717, 1.165) is 186 Å². The number of fused-ring (bicyclic) bond motifs is 4. The van der Waals surface area contributed by atoms with Crippen molar-refractivity contribution in [3.8, 4) is 0 Å². The van der Waals surface area contributed by atoms with Crippen LogP contribution in [0.3, 0.4) is 0 Å². The zero-order valence-electron chi connectivity index (χ0n) is 39.2. The summed E-state index contributed by atoms with van der Waals surface area (Å²) in [6.45, 7) is 11.1. The maximum absolute atomic E-state index is 13.4. The lowest BCUT2D eigenvalue weighted by atomic mass is 9.91. The second kappa shape index (κ2) is 22.1. The van der Waals surface area contributed by atoms with Crippen LogP contribution in [0.25, 0.3) is 21.9 Å². The molecule has 4 aromatic heterocycles. The lowest BCUT2D eigenvalue weighted by molar-refractivity contribution is -0.152. The van der Waals surface area contributed by atoms with Gasteiger partial charge in [0.1, 0.15) is 23.3 Å². The number of benzene rings is 2. The van der Waals surface area contributed by atoms with Crippen LogP contribution in [-0.4, -0.2) is 112 Å². The second-order valence-electron chi connectivity index (χ2n) is 18.6. The van der Waals surface area contributed by atoms with Gasteiger partial charge in [0.05, 0.1) is 17.8 Å². The molecule has 0 unspecified atom stereocenters. The molecule has 0 saturated carbocycles. The molecule has 0 aliphatic carbocycles. The Morgan fingerprint density at radius 3 is 1.46 bits per heavy atom. The Bertz CT molecular complexity index is 2730. The highest BCUT2D eigenvalue weighted by Gasteiger charge is 2.28. The fourth-order valence-corrected chi connectivity index (χ4v) is 10.1. The van der Waals surface area contributed by atoms with Crippen molar-refractivity contribution in [1.29, 1.82) is 0 Å². The summed E-state index contributed by atoms with van der Waals surface area (Å²) in [6.07, 6.45) is 9.08. The number of aromatic nitrogens is 6. The van der Waals surface area contributed by atoms with E-state index in [2.05, 4.69) is 20.1 Å². The molecule has 4 aliphatic rings. The lowest BCUT2D eigenvalue weighted by Crippen LogP contribution is -2.37. The van der Waals surface area contributed by atoms with Crippen molar-refractivity contribution in [2.24, 2.45) is 0 Å². The smallest absolute Gasteiger partial charge is 0.333 e. The molecular weight excluding hydrogens is 895 g/mol. The Labute approximate surface area is 396 Å². The van der Waals surface area contributed by atoms with Crippen LogP contribution in [-0.2, 0) is 48.4 Å². The normalized spacial score (nSPS) is 17.3. The van der Waals surface area contributed by atoms with Gasteiger partial charge in [-0.1, -0.05) is 10.3 Å². The predicted octanol–water partition coefficient (Wildman–Crippen LogP) is 6.09. The highest BCUT2D eigenvalue weighted by Crippen LogP contribution is 2.34. The molecule has 8 heterocycles. The van der Waals surface area contributed by atoms with Crippen LogP contribution < -0.4 is 11.1 Å². The van der Waals surface area contributed by atoms with Gasteiger partial charge in [0.25, 0.3) is 11.1 Å². The van der Waals surface area contributed by atoms with E-state index in [9.17, 15) is 28.0 Å². The van der Waals surface area contributed by atoms with E-state index in [0.29, 0.717) is 23.0 Å². The number of rotatable bonds is 11. The first-order valence-electron chi connectivity index (χ1n) is 24.1. The Morgan fingerprint density at radius 1 is 0.667 bits per heavy atom. The van der Waals surface area contributed by atoms with Crippen LogP contribution >= 0.6 is 0 Å². The zero-order valence-corrected chi connectivity index (χ0v) is 39.2. The first-order valence-corrected chi connectivity index (χ1v) is 24.1. The average Bonchev–Trinajstić information content (AvgIpc) is 3.96. The molecule has 2 saturated heterocycles. The number of hydrogen-bond acceptors (Lipinski definition) is 13. The van der Waals surface area contributed by atoms with Crippen molar-refractivity contribution in [2.75, 3.05) is 39.3 Å². The molecule has 368 valence electrons. The van der Waals surface area contributed by atoms with Gasteiger partial charge in [-0.25, -0.2) is 23.5 Å². The maximum atomic E-state index is 13.4. The fraction of sp³-hybridized carbons (Fsp3) is 0.520. The third kappa shape index (κ3) is 11.6. The molecule has 0 bridgehead atoms. The predicted molar refractivity (Wildman–Crippen MR) is 250 cm³/mol. The van der Waals surface area contributed by atoms with E-state index in [1.54, 1.807) is 12.1 Å². The van der Waals surface area contributed by atoms with Gasteiger partial charge in [-0.05, 0) is 129 Å². The molecule has 0 radical (unpaired) electrons. The number of likely N-dealkylation sites (tertiary alicyclic amines) is 2. The number of aliphatic carboxylic acids is 2. The number of carboxylic acids is 2. The van der Waals surface area contributed by atoms with Gasteiger partial charge >= 0.3 is 11.9 Å². The molecule has 6 aromatic rings. The zero-order chi connectivity index (χ0) is 48.8. The molecule has 3 N–H and O–H groups in total. The van der Waals surface area contributed by atoms with E-state index in [-0.39, 0.29) is 22.8 Å². The van der Waals surface area contributed by atoms with Gasteiger partial charge in [0.2, 0.25) is 0 Å². The van der Waals surface area contributed by atoms with Crippen molar-refractivity contribution in [2.45, 2.75) is 128 Å². The van der Waals surface area contributed by atoms with Crippen LogP contribution in [0.4, 0.5) is 8.78 Å². The summed E-state index contributed by atoms with van der Waals surface area (Å²) in [5, 5.41) is 34.4. The first kappa shape index (κ1) is 49.2. The first-order chi connectivity index (χ1) is 33.2. The number of hydrogen-bond donors (Lipinski definition) is 3. The number of aryl methyl sites for hydroxylation is 4. The van der Waals surface area contributed by atoms with Gasteiger partial charge in [-0.3, -0.25) is 23.5 Å². The van der Waals surface area contributed by atoms with Crippen molar-refractivity contribution in [3.05, 3.63) is 114 Å². The largest absolute Gasteiger partial charge is 0.481 e. The van der Waals surface area contributed by atoms with Gasteiger partial charge in [-0.2, -0.15) is 0 Å². The minimum atomic E-state index is -1.79. The molecule has 19 heteroatoms. The van der Waals surface area contributed by atoms with E-state index < -0.39 is 24.5 Å². The minimum absolute atomic E-state index is 0.161. The Morgan fingerprint density at radius 2 is 1.09 bits per heavy atom. The standard InChI is InChI=1S/2C23H27FN4O2.C4H6O5/c2*1-15-18(23(29)28-10-3-2-4-21(28)25-15)9-13-27-11-7-16(8-12-27)22-19-6-5-17(24)14-20(19)30-26-22;5-2(4(8)9)1-3(6)7/h2*5-6,14,16H,2-4,7-13H2,1H3;2,5H,1H2,(H,6,7)(H,8,9)/t;;2-/m..0/s1. The lowest BCUT2D eigenvalue weighted by Gasteiger charge is -2.31. The summed E-state index contributed by atoms with van der Waals surface area (Å²) in [6, 6.07) is 9.25. The number of nitrogens with zero attached hydrogens (tertiary/aromatic N) is 8. The number of halogens is 2. The number of aliphatic hydroxyl groups excluding tert-OH is 1.